The van der Waals surface area contributed by atoms with Crippen LogP contribution in [-0.4, -0.2) is 48.9 Å². The van der Waals surface area contributed by atoms with Crippen LogP contribution in [0.1, 0.15) is 65.9 Å². The van der Waals surface area contributed by atoms with Crippen molar-refractivity contribution in [2.75, 3.05) is 28.4 Å². The molecule has 0 radical (unpaired) electrons. The van der Waals surface area contributed by atoms with E-state index in [-0.39, 0.29) is 47.0 Å². The summed E-state index contributed by atoms with van der Waals surface area (Å²) in [5, 5.41) is 42.1. The van der Waals surface area contributed by atoms with Gasteiger partial charge in [0.15, 0.2) is 46.0 Å². The number of methoxy groups -OCH3 is 4. The Morgan fingerprint density at radius 3 is 1.62 bits per heavy atom. The minimum Gasteiger partial charge on any atom is -0.504 e. The molecule has 2 unspecified atom stereocenters. The maximum atomic E-state index is 10.9. The second-order valence-electron chi connectivity index (χ2n) is 13.4. The van der Waals surface area contributed by atoms with Gasteiger partial charge in [0.1, 0.15) is 6.10 Å². The van der Waals surface area contributed by atoms with Gasteiger partial charge in [0.05, 0.1) is 46.8 Å². The van der Waals surface area contributed by atoms with Crippen molar-refractivity contribution in [1.29, 1.82) is 0 Å². The Morgan fingerprint density at radius 2 is 1.08 bits per heavy atom. The molecule has 2 saturated heterocycles. The summed E-state index contributed by atoms with van der Waals surface area (Å²) in [4.78, 5) is 0. The summed E-state index contributed by atoms with van der Waals surface area (Å²) in [6.07, 6.45) is 0.407. The Bertz CT molecular complexity index is 1920. The highest BCUT2D eigenvalue weighted by Crippen LogP contribution is 2.69. The number of benzene rings is 4. The first-order chi connectivity index (χ1) is 24.1. The normalized spacial score (nSPS) is 27.2. The fraction of sp³-hybridized carbons (Fsp3) is 0.350. The van der Waals surface area contributed by atoms with E-state index in [4.69, 9.17) is 35.0 Å². The predicted octanol–water partition coefficient (Wildman–Crippen LogP) is 7.83. The van der Waals surface area contributed by atoms with Crippen molar-refractivity contribution in [2.24, 2.45) is 17.3 Å². The molecule has 4 N–H and O–H groups in total. The molecule has 2 aliphatic heterocycles. The summed E-state index contributed by atoms with van der Waals surface area (Å²) < 4.78 is 35.7. The van der Waals surface area contributed by atoms with Crippen molar-refractivity contribution in [2.45, 2.75) is 43.7 Å². The number of fused-ring (bicyclic) bond motifs is 1. The molecule has 10 heteroatoms. The van der Waals surface area contributed by atoms with Gasteiger partial charge in [-0.3, -0.25) is 0 Å². The van der Waals surface area contributed by atoms with Crippen molar-refractivity contribution in [1.82, 2.24) is 0 Å². The maximum Gasteiger partial charge on any atom is 0.160 e. The van der Waals surface area contributed by atoms with Gasteiger partial charge in [0.2, 0.25) is 0 Å². The van der Waals surface area contributed by atoms with Crippen LogP contribution in [0.4, 0.5) is 0 Å². The van der Waals surface area contributed by atoms with E-state index in [1.807, 2.05) is 36.4 Å². The second kappa shape index (κ2) is 13.0. The quantitative estimate of drug-likeness (QED) is 0.136. The van der Waals surface area contributed by atoms with Gasteiger partial charge in [-0.2, -0.15) is 0 Å². The molecule has 7 rings (SSSR count). The number of phenols is 4. The predicted molar refractivity (Wildman–Crippen MR) is 184 cm³/mol. The average molecular weight is 683 g/mol. The van der Waals surface area contributed by atoms with Gasteiger partial charge in [0, 0.05) is 5.41 Å². The second-order valence-corrected chi connectivity index (χ2v) is 13.4. The van der Waals surface area contributed by atoms with Crippen LogP contribution in [0.2, 0.25) is 0 Å². The van der Waals surface area contributed by atoms with Crippen LogP contribution in [0.3, 0.4) is 0 Å². The van der Waals surface area contributed by atoms with E-state index in [1.54, 1.807) is 36.4 Å². The Labute approximate surface area is 291 Å². The molecule has 7 atom stereocenters. The third-order valence-electron chi connectivity index (χ3n) is 11.0. The van der Waals surface area contributed by atoms with Crippen LogP contribution < -0.4 is 18.9 Å². The van der Waals surface area contributed by atoms with Crippen molar-refractivity contribution in [3.8, 4) is 46.0 Å². The fourth-order valence-corrected chi connectivity index (χ4v) is 8.49. The first kappa shape index (κ1) is 33.4. The monoisotopic (exact) mass is 682 g/mol. The zero-order valence-corrected chi connectivity index (χ0v) is 28.5. The molecule has 0 bridgehead atoms. The van der Waals surface area contributed by atoms with Crippen LogP contribution >= 0.6 is 0 Å². The van der Waals surface area contributed by atoms with E-state index in [1.165, 1.54) is 28.4 Å². The molecule has 2 heterocycles. The molecule has 10 nitrogen and oxygen atoms in total. The third-order valence-corrected chi connectivity index (χ3v) is 11.0. The lowest BCUT2D eigenvalue weighted by Gasteiger charge is -2.45. The van der Waals surface area contributed by atoms with Gasteiger partial charge in [-0.25, -0.2) is 0 Å². The van der Waals surface area contributed by atoms with E-state index >= 15 is 0 Å². The van der Waals surface area contributed by atoms with E-state index in [0.717, 1.165) is 40.7 Å². The third kappa shape index (κ3) is 5.43. The molecule has 4 aromatic rings. The van der Waals surface area contributed by atoms with Crippen LogP contribution in [0.25, 0.3) is 0 Å². The number of hydrogen-bond donors (Lipinski definition) is 4. The number of ether oxygens (including phenoxy) is 6. The first-order valence-corrected chi connectivity index (χ1v) is 16.6. The lowest BCUT2D eigenvalue weighted by molar-refractivity contribution is -0.0213. The Hall–Kier alpha value is -5.06. The number of aromatic hydroxyl groups is 4. The highest BCUT2D eigenvalue weighted by Gasteiger charge is 2.60. The summed E-state index contributed by atoms with van der Waals surface area (Å²) in [6, 6.07) is 21.2. The van der Waals surface area contributed by atoms with Crippen molar-refractivity contribution >= 4 is 0 Å². The fourth-order valence-electron chi connectivity index (χ4n) is 8.49. The number of rotatable bonds is 8. The zero-order valence-electron chi connectivity index (χ0n) is 28.5. The summed E-state index contributed by atoms with van der Waals surface area (Å²) in [5.74, 6) is 1.58. The smallest absolute Gasteiger partial charge is 0.160 e. The highest BCUT2D eigenvalue weighted by atomic mass is 16.5. The summed E-state index contributed by atoms with van der Waals surface area (Å²) in [6.45, 7) is 4.71. The van der Waals surface area contributed by atoms with Crippen LogP contribution in [0.5, 0.6) is 46.0 Å². The lowest BCUT2D eigenvalue weighted by atomic mass is 9.57. The molecular weight excluding hydrogens is 640 g/mol. The molecule has 50 heavy (non-hydrogen) atoms. The summed E-state index contributed by atoms with van der Waals surface area (Å²) in [5.41, 5.74) is 3.65. The van der Waals surface area contributed by atoms with Gasteiger partial charge in [-0.05, 0) is 107 Å². The zero-order chi connectivity index (χ0) is 35.3. The molecule has 1 spiro atoms. The van der Waals surface area contributed by atoms with E-state index in [0.29, 0.717) is 29.4 Å². The van der Waals surface area contributed by atoms with Crippen molar-refractivity contribution in [3.05, 3.63) is 107 Å². The van der Waals surface area contributed by atoms with Crippen LogP contribution in [-0.2, 0) is 9.47 Å². The van der Waals surface area contributed by atoms with Crippen molar-refractivity contribution in [3.63, 3.8) is 0 Å². The molecule has 0 aromatic heterocycles. The SMILES string of the molecule is C=C1[C@@H](c2ccc(O)c(OC)c2)O[C@@H](c2ccc(OC)c(O)c2)[C@@]12CCC1C(C2)[C@@H](c2ccc(O)c(OC)c2)O[C@H]1c1ccc(O)c(OC)c1. The molecular formula is C40H42O10. The maximum absolute atomic E-state index is 10.9. The number of hydrogen-bond acceptors (Lipinski definition) is 10. The largest absolute Gasteiger partial charge is 0.504 e. The Balaban J connectivity index is 1.34. The van der Waals surface area contributed by atoms with Crippen LogP contribution in [0.15, 0.2) is 84.9 Å². The molecule has 1 saturated carbocycles. The average Bonchev–Trinajstić information content (AvgIpc) is 3.63. The Morgan fingerprint density at radius 1 is 0.580 bits per heavy atom. The van der Waals surface area contributed by atoms with E-state index in [9.17, 15) is 20.4 Å². The molecule has 262 valence electrons. The molecule has 4 aromatic carbocycles. The topological polar surface area (TPSA) is 136 Å². The van der Waals surface area contributed by atoms with Gasteiger partial charge in [-0.1, -0.05) is 30.8 Å². The van der Waals surface area contributed by atoms with Gasteiger partial charge < -0.3 is 48.8 Å². The standard InChI is InChI=1S/C40H42O10/c1-21-36(22-6-10-28(41)33(17-22)46-3)50-39(25-9-13-32(45-2)31(44)16-25)40(21)15-14-26-27(20-40)38(24-8-12-30(43)35(19-24)48-5)49-37(26)23-7-11-29(42)34(18-23)47-4/h6-13,16-19,26-27,36-39,41-44H,1,14-15,20H2,2-5H3/t26?,27?,36-,37-,38+,39-,40+/m0/s1. The van der Waals surface area contributed by atoms with Gasteiger partial charge in [-0.15, -0.1) is 0 Å². The molecule has 3 aliphatic rings. The van der Waals surface area contributed by atoms with E-state index in [2.05, 4.69) is 0 Å². The van der Waals surface area contributed by atoms with Crippen molar-refractivity contribution < 1.29 is 48.8 Å². The molecule has 1 aliphatic carbocycles. The Kier molecular flexibility index (Phi) is 8.69. The minimum atomic E-state index is -0.581. The molecule has 0 amide bonds. The lowest BCUT2D eigenvalue weighted by Crippen LogP contribution is -2.37. The summed E-state index contributed by atoms with van der Waals surface area (Å²) >= 11 is 0. The first-order valence-electron chi connectivity index (χ1n) is 16.6. The minimum absolute atomic E-state index is 0.0115. The van der Waals surface area contributed by atoms with Gasteiger partial charge in [0.25, 0.3) is 0 Å². The highest BCUT2D eigenvalue weighted by molar-refractivity contribution is 5.49. The van der Waals surface area contributed by atoms with Crippen LogP contribution in [0, 0.1) is 17.3 Å². The van der Waals surface area contributed by atoms with E-state index < -0.39 is 17.6 Å². The van der Waals surface area contributed by atoms with Gasteiger partial charge >= 0.3 is 0 Å². The summed E-state index contributed by atoms with van der Waals surface area (Å²) in [7, 11) is 6.06. The molecule has 3 fully saturated rings. The number of phenolic OH excluding ortho intramolecular Hbond substituents is 4.